The van der Waals surface area contributed by atoms with Gasteiger partial charge in [0.1, 0.15) is 6.04 Å². The fraction of sp³-hybridized carbons (Fsp3) is 0.278. The summed E-state index contributed by atoms with van der Waals surface area (Å²) in [5.41, 5.74) is 5.58. The molecule has 0 fully saturated rings. The number of carboxylic acid groups (broad SMARTS) is 1. The first-order chi connectivity index (χ1) is 9.99. The summed E-state index contributed by atoms with van der Waals surface area (Å²) in [6.07, 6.45) is 0. The van der Waals surface area contributed by atoms with E-state index in [1.165, 1.54) is 16.7 Å². The molecule has 0 aliphatic heterocycles. The van der Waals surface area contributed by atoms with E-state index in [1.807, 2.05) is 30.3 Å². The predicted molar refractivity (Wildman–Crippen MR) is 84.3 cm³/mol. The van der Waals surface area contributed by atoms with E-state index in [0.717, 1.165) is 11.1 Å². The van der Waals surface area contributed by atoms with Crippen molar-refractivity contribution in [1.29, 1.82) is 0 Å². The average Bonchev–Trinajstić information content (AvgIpc) is 2.45. The predicted octanol–water partition coefficient (Wildman–Crippen LogP) is 3.53. The minimum Gasteiger partial charge on any atom is -0.480 e. The van der Waals surface area contributed by atoms with Crippen molar-refractivity contribution in [2.75, 3.05) is 0 Å². The van der Waals surface area contributed by atoms with Crippen molar-refractivity contribution in [3.63, 3.8) is 0 Å². The number of rotatable bonds is 5. The van der Waals surface area contributed by atoms with E-state index >= 15 is 0 Å². The van der Waals surface area contributed by atoms with Crippen molar-refractivity contribution in [3.8, 4) is 0 Å². The zero-order valence-corrected chi connectivity index (χ0v) is 12.7. The molecule has 21 heavy (non-hydrogen) atoms. The number of hydrogen-bond donors (Lipinski definition) is 2. The summed E-state index contributed by atoms with van der Waals surface area (Å²) >= 11 is 0. The molecule has 0 radical (unpaired) electrons. The Hall–Kier alpha value is -2.13. The van der Waals surface area contributed by atoms with Gasteiger partial charge in [-0.3, -0.25) is 10.1 Å². The smallest absolute Gasteiger partial charge is 0.325 e. The molecule has 0 heterocycles. The summed E-state index contributed by atoms with van der Waals surface area (Å²) in [5, 5.41) is 12.5. The monoisotopic (exact) mass is 283 g/mol. The molecule has 0 saturated carbocycles. The van der Waals surface area contributed by atoms with Gasteiger partial charge in [-0.15, -0.1) is 0 Å². The SMILES string of the molecule is Cc1cc(C)c(CN[C@H](C(=O)O)c2ccccc2)cc1C. The summed E-state index contributed by atoms with van der Waals surface area (Å²) in [5.74, 6) is -0.859. The van der Waals surface area contributed by atoms with Crippen LogP contribution in [0.2, 0.25) is 0 Å². The van der Waals surface area contributed by atoms with Gasteiger partial charge in [0, 0.05) is 6.54 Å². The molecular weight excluding hydrogens is 262 g/mol. The highest BCUT2D eigenvalue weighted by Crippen LogP contribution is 2.18. The van der Waals surface area contributed by atoms with Crippen molar-refractivity contribution in [2.45, 2.75) is 33.4 Å². The fourth-order valence-corrected chi connectivity index (χ4v) is 2.42. The van der Waals surface area contributed by atoms with Crippen LogP contribution in [0.1, 0.15) is 33.9 Å². The van der Waals surface area contributed by atoms with Crippen LogP contribution in [0.15, 0.2) is 42.5 Å². The number of carboxylic acids is 1. The van der Waals surface area contributed by atoms with Crippen molar-refractivity contribution in [2.24, 2.45) is 0 Å². The Morgan fingerprint density at radius 1 is 1.05 bits per heavy atom. The third kappa shape index (κ3) is 3.70. The fourth-order valence-electron chi connectivity index (χ4n) is 2.42. The van der Waals surface area contributed by atoms with Gasteiger partial charge in [0.25, 0.3) is 0 Å². The Labute approximate surface area is 125 Å². The van der Waals surface area contributed by atoms with E-state index in [9.17, 15) is 9.90 Å². The summed E-state index contributed by atoms with van der Waals surface area (Å²) in [7, 11) is 0. The van der Waals surface area contributed by atoms with Gasteiger partial charge in [0.15, 0.2) is 0 Å². The van der Waals surface area contributed by atoms with Crippen LogP contribution in [-0.4, -0.2) is 11.1 Å². The average molecular weight is 283 g/mol. The van der Waals surface area contributed by atoms with E-state index in [1.54, 1.807) is 0 Å². The number of carbonyl (C=O) groups is 1. The van der Waals surface area contributed by atoms with Crippen molar-refractivity contribution < 1.29 is 9.90 Å². The van der Waals surface area contributed by atoms with Crippen LogP contribution in [0.4, 0.5) is 0 Å². The quantitative estimate of drug-likeness (QED) is 0.882. The molecule has 0 amide bonds. The van der Waals surface area contributed by atoms with Gasteiger partial charge < -0.3 is 5.11 Å². The van der Waals surface area contributed by atoms with Gasteiger partial charge in [0.05, 0.1) is 0 Å². The third-order valence-corrected chi connectivity index (χ3v) is 3.83. The Kier molecular flexibility index (Phi) is 4.76. The molecule has 1 atom stereocenters. The molecule has 0 aliphatic rings. The molecule has 0 unspecified atom stereocenters. The van der Waals surface area contributed by atoms with Crippen LogP contribution in [0.25, 0.3) is 0 Å². The summed E-state index contributed by atoms with van der Waals surface area (Å²) in [6, 6.07) is 12.8. The zero-order valence-electron chi connectivity index (χ0n) is 12.7. The van der Waals surface area contributed by atoms with Crippen molar-refractivity contribution in [1.82, 2.24) is 5.32 Å². The number of nitrogens with one attached hydrogen (secondary N) is 1. The number of aryl methyl sites for hydroxylation is 3. The Balaban J connectivity index is 2.17. The van der Waals surface area contributed by atoms with Crippen LogP contribution in [0, 0.1) is 20.8 Å². The molecule has 110 valence electrons. The number of aliphatic carboxylic acids is 1. The normalized spacial score (nSPS) is 12.1. The highest BCUT2D eigenvalue weighted by molar-refractivity contribution is 5.75. The van der Waals surface area contributed by atoms with Crippen LogP contribution < -0.4 is 5.32 Å². The van der Waals surface area contributed by atoms with Crippen molar-refractivity contribution >= 4 is 5.97 Å². The summed E-state index contributed by atoms with van der Waals surface area (Å²) in [6.45, 7) is 6.76. The lowest BCUT2D eigenvalue weighted by atomic mass is 10.00. The molecule has 0 saturated heterocycles. The molecular formula is C18H21NO2. The third-order valence-electron chi connectivity index (χ3n) is 3.83. The maximum Gasteiger partial charge on any atom is 0.325 e. The number of benzene rings is 2. The standard InChI is InChI=1S/C18H21NO2/c1-12-9-14(3)16(10-13(12)2)11-19-17(18(20)21)15-7-5-4-6-8-15/h4-10,17,19H,11H2,1-3H3,(H,20,21)/t17-/m0/s1. The second-order valence-corrected chi connectivity index (χ2v) is 5.43. The van der Waals surface area contributed by atoms with Crippen molar-refractivity contribution in [3.05, 3.63) is 70.3 Å². The van der Waals surface area contributed by atoms with Gasteiger partial charge in [-0.2, -0.15) is 0 Å². The van der Waals surface area contributed by atoms with Gasteiger partial charge in [0.2, 0.25) is 0 Å². The molecule has 0 spiro atoms. The highest BCUT2D eigenvalue weighted by Gasteiger charge is 2.19. The second kappa shape index (κ2) is 6.55. The molecule has 3 heteroatoms. The molecule has 2 N–H and O–H groups in total. The van der Waals surface area contributed by atoms with E-state index in [4.69, 9.17) is 0 Å². The minimum absolute atomic E-state index is 0.540. The Morgan fingerprint density at radius 2 is 1.67 bits per heavy atom. The Bertz CT molecular complexity index is 635. The maximum atomic E-state index is 11.5. The maximum absolute atomic E-state index is 11.5. The molecule has 2 aromatic rings. The van der Waals surface area contributed by atoms with Crippen LogP contribution in [-0.2, 0) is 11.3 Å². The van der Waals surface area contributed by atoms with Crippen LogP contribution in [0.3, 0.4) is 0 Å². The first-order valence-electron chi connectivity index (χ1n) is 7.07. The molecule has 0 bridgehead atoms. The lowest BCUT2D eigenvalue weighted by molar-refractivity contribution is -0.139. The topological polar surface area (TPSA) is 49.3 Å². The molecule has 0 aliphatic carbocycles. The van der Waals surface area contributed by atoms with E-state index in [0.29, 0.717) is 6.54 Å². The van der Waals surface area contributed by atoms with Gasteiger partial charge in [-0.05, 0) is 48.6 Å². The lowest BCUT2D eigenvalue weighted by Crippen LogP contribution is -2.28. The molecule has 0 aromatic heterocycles. The molecule has 2 aromatic carbocycles. The second-order valence-electron chi connectivity index (χ2n) is 5.43. The van der Waals surface area contributed by atoms with E-state index in [2.05, 4.69) is 38.2 Å². The van der Waals surface area contributed by atoms with E-state index in [-0.39, 0.29) is 0 Å². The van der Waals surface area contributed by atoms with Crippen LogP contribution in [0.5, 0.6) is 0 Å². The highest BCUT2D eigenvalue weighted by atomic mass is 16.4. The largest absolute Gasteiger partial charge is 0.480 e. The Morgan fingerprint density at radius 3 is 2.29 bits per heavy atom. The summed E-state index contributed by atoms with van der Waals surface area (Å²) < 4.78 is 0. The van der Waals surface area contributed by atoms with E-state index < -0.39 is 12.0 Å². The van der Waals surface area contributed by atoms with Gasteiger partial charge in [-0.25, -0.2) is 0 Å². The minimum atomic E-state index is -0.859. The number of hydrogen-bond acceptors (Lipinski definition) is 2. The molecule has 2 rings (SSSR count). The van der Waals surface area contributed by atoms with Gasteiger partial charge >= 0.3 is 5.97 Å². The zero-order chi connectivity index (χ0) is 15.4. The summed E-state index contributed by atoms with van der Waals surface area (Å²) in [4.78, 5) is 11.5. The van der Waals surface area contributed by atoms with Crippen LogP contribution >= 0.6 is 0 Å². The van der Waals surface area contributed by atoms with Gasteiger partial charge in [-0.1, -0.05) is 42.5 Å². The first-order valence-corrected chi connectivity index (χ1v) is 7.07. The lowest BCUT2D eigenvalue weighted by Gasteiger charge is -2.17. The molecule has 3 nitrogen and oxygen atoms in total. The first kappa shape index (κ1) is 15.3.